The Balaban J connectivity index is 1.27. The van der Waals surface area contributed by atoms with Gasteiger partial charge in [-0.15, -0.1) is 0 Å². The first kappa shape index (κ1) is 42.3. The van der Waals surface area contributed by atoms with Crippen molar-refractivity contribution in [3.05, 3.63) is 64.9 Å². The van der Waals surface area contributed by atoms with Crippen molar-refractivity contribution in [1.29, 1.82) is 0 Å². The number of hydrogen-bond donors (Lipinski definition) is 3. The van der Waals surface area contributed by atoms with E-state index in [0.717, 1.165) is 58.6 Å². The van der Waals surface area contributed by atoms with Crippen LogP contribution < -0.4 is 14.5 Å². The highest BCUT2D eigenvalue weighted by Gasteiger charge is 2.80. The summed E-state index contributed by atoms with van der Waals surface area (Å²) in [6.45, 7) is 10.6. The van der Waals surface area contributed by atoms with Gasteiger partial charge in [0.15, 0.2) is 6.10 Å². The van der Waals surface area contributed by atoms with Crippen molar-refractivity contribution in [2.45, 2.75) is 106 Å². The number of carbonyl (C=O) groups excluding carboxylic acids is 3. The smallest absolute Gasteiger partial charge is 0.344 e. The minimum absolute atomic E-state index is 0.106. The summed E-state index contributed by atoms with van der Waals surface area (Å²) in [6, 6.07) is 9.39. The molecule has 0 amide bonds. The maximum Gasteiger partial charge on any atom is 0.344 e. The second-order valence-corrected chi connectivity index (χ2v) is 19.7. The molecule has 1 aromatic heterocycles. The Hall–Kier alpha value is -4.63. The third-order valence-corrected chi connectivity index (χ3v) is 16.9. The highest BCUT2D eigenvalue weighted by molar-refractivity contribution is 5.96. The van der Waals surface area contributed by atoms with Gasteiger partial charge < -0.3 is 43.9 Å². The molecule has 4 fully saturated rings. The monoisotopic (exact) mass is 865 g/mol. The normalized spacial score (nSPS) is 36.5. The van der Waals surface area contributed by atoms with E-state index < -0.39 is 57.5 Å². The standard InChI is InChI=1S/C49H63N5O9/c1-8-45(58)25-30-26-48(43(56)61-6,39-32(14-20-52(27-30)28-45)33-22-31(53-18-11-19-53)12-13-36(33)50-39)35-23-34-37(24-38(35)60-5)51(4)41-47(34)16-21-54-17-10-15-46(9-2,40(47)54)42(63-29(3)55)49(41,59)44(57)62-7/h10,12-13,15,22-24,30,40-42,50,58-59H,8-9,11,14,16-21,25-28H2,1-7H3/t30-,40+,41?,42-,45+,46-,47-,48+,49+/m1/s1. The molecule has 3 N–H and O–H groups in total. The van der Waals surface area contributed by atoms with Crippen molar-refractivity contribution in [1.82, 2.24) is 14.8 Å². The van der Waals surface area contributed by atoms with E-state index in [-0.39, 0.29) is 12.0 Å². The van der Waals surface area contributed by atoms with Crippen LogP contribution in [-0.2, 0) is 45.8 Å². The molecule has 6 aliphatic heterocycles. The molecule has 1 aliphatic carbocycles. The van der Waals surface area contributed by atoms with Gasteiger partial charge in [0.2, 0.25) is 5.60 Å². The predicted octanol–water partition coefficient (Wildman–Crippen LogP) is 4.20. The summed E-state index contributed by atoms with van der Waals surface area (Å²) in [5, 5.41) is 26.6. The molecule has 63 heavy (non-hydrogen) atoms. The van der Waals surface area contributed by atoms with Gasteiger partial charge in [-0.05, 0) is 92.8 Å². The minimum Gasteiger partial charge on any atom is -0.496 e. The molecule has 7 heterocycles. The Bertz CT molecular complexity index is 2410. The van der Waals surface area contributed by atoms with Crippen LogP contribution in [0.3, 0.4) is 0 Å². The van der Waals surface area contributed by atoms with Crippen molar-refractivity contribution in [2.24, 2.45) is 11.3 Å². The van der Waals surface area contributed by atoms with Crippen molar-refractivity contribution >= 4 is 40.2 Å². The highest BCUT2D eigenvalue weighted by atomic mass is 16.6. The lowest BCUT2D eigenvalue weighted by molar-refractivity contribution is -0.228. The van der Waals surface area contributed by atoms with Crippen molar-refractivity contribution in [3.8, 4) is 5.75 Å². The average molecular weight is 866 g/mol. The number of piperidine rings is 1. The number of ether oxygens (including phenoxy) is 4. The van der Waals surface area contributed by atoms with Crippen LogP contribution in [0.25, 0.3) is 10.9 Å². The number of likely N-dealkylation sites (N-methyl/N-ethyl adjacent to an activating group) is 1. The zero-order chi connectivity index (χ0) is 44.4. The number of hydrogen-bond acceptors (Lipinski definition) is 13. The van der Waals surface area contributed by atoms with Crippen molar-refractivity contribution in [2.75, 3.05) is 84.0 Å². The second kappa shape index (κ2) is 14.7. The van der Waals surface area contributed by atoms with Crippen LogP contribution in [0, 0.1) is 11.3 Å². The number of nitrogens with one attached hydrogen (secondary N) is 1. The van der Waals surface area contributed by atoms with Gasteiger partial charge in [0, 0.05) is 110 Å². The number of aromatic nitrogens is 1. The summed E-state index contributed by atoms with van der Waals surface area (Å²) in [7, 11) is 6.20. The molecule has 10 atom stereocenters. The summed E-state index contributed by atoms with van der Waals surface area (Å²) in [5.74, 6) is -1.55. The number of aromatic amines is 1. The van der Waals surface area contributed by atoms with E-state index in [4.69, 9.17) is 18.9 Å². The molecule has 2 aromatic carbocycles. The largest absolute Gasteiger partial charge is 0.496 e. The fraction of sp³-hybridized carbons (Fsp3) is 0.612. The Labute approximate surface area is 369 Å². The zero-order valence-corrected chi connectivity index (χ0v) is 37.8. The van der Waals surface area contributed by atoms with Gasteiger partial charge in [-0.25, -0.2) is 4.79 Å². The zero-order valence-electron chi connectivity index (χ0n) is 37.8. The Morgan fingerprint density at radius 1 is 0.921 bits per heavy atom. The first-order chi connectivity index (χ1) is 30.2. The molecule has 7 aliphatic rings. The maximum absolute atomic E-state index is 15.5. The van der Waals surface area contributed by atoms with E-state index in [1.807, 2.05) is 31.9 Å². The third-order valence-electron chi connectivity index (χ3n) is 16.9. The molecule has 1 saturated carbocycles. The summed E-state index contributed by atoms with van der Waals surface area (Å²) in [4.78, 5) is 56.0. The van der Waals surface area contributed by atoms with Gasteiger partial charge in [-0.3, -0.25) is 19.4 Å². The maximum atomic E-state index is 15.5. The average Bonchev–Trinajstić information content (AvgIpc) is 3.91. The lowest BCUT2D eigenvalue weighted by Crippen LogP contribution is -2.81. The second-order valence-electron chi connectivity index (χ2n) is 19.7. The molecule has 14 heteroatoms. The summed E-state index contributed by atoms with van der Waals surface area (Å²) >= 11 is 0. The SMILES string of the molecule is CC[C@]1(O)C[C@H]2CN(CCc3c([nH]c4ccc(N5CCC5)cc34)[C@@](C(=O)OC)(c3cc4c(cc3OC)N(C)C3[C@]45CCN4CC=C[C@@](CC)([C@@H](OC(C)=O)[C@]3(O)C(=O)OC)[C@H]45)C2)C1. The van der Waals surface area contributed by atoms with Crippen LogP contribution >= 0.6 is 0 Å². The lowest BCUT2D eigenvalue weighted by atomic mass is 9.47. The summed E-state index contributed by atoms with van der Waals surface area (Å²) in [6.07, 6.45) is 7.10. The van der Waals surface area contributed by atoms with Crippen LogP contribution in [0.15, 0.2) is 42.5 Å². The molecule has 2 bridgehead atoms. The third kappa shape index (κ3) is 5.59. The van der Waals surface area contributed by atoms with Crippen LogP contribution in [-0.4, -0.2) is 146 Å². The summed E-state index contributed by atoms with van der Waals surface area (Å²) in [5.41, 5.74) is -0.451. The van der Waals surface area contributed by atoms with E-state index >= 15 is 4.79 Å². The number of benzene rings is 2. The minimum atomic E-state index is -2.31. The van der Waals surface area contributed by atoms with E-state index in [1.54, 1.807) is 7.11 Å². The molecule has 0 radical (unpaired) electrons. The van der Waals surface area contributed by atoms with Crippen molar-refractivity contribution in [3.63, 3.8) is 0 Å². The van der Waals surface area contributed by atoms with E-state index in [0.29, 0.717) is 82.6 Å². The molecule has 1 spiro atoms. The van der Waals surface area contributed by atoms with Crippen molar-refractivity contribution < 1.29 is 43.5 Å². The van der Waals surface area contributed by atoms with Gasteiger partial charge in [-0.2, -0.15) is 0 Å². The summed E-state index contributed by atoms with van der Waals surface area (Å²) < 4.78 is 24.1. The Kier molecular flexibility index (Phi) is 9.87. The van der Waals surface area contributed by atoms with Gasteiger partial charge in [0.1, 0.15) is 11.2 Å². The van der Waals surface area contributed by atoms with Crippen LogP contribution in [0.2, 0.25) is 0 Å². The van der Waals surface area contributed by atoms with E-state index in [1.165, 1.54) is 21.1 Å². The van der Waals surface area contributed by atoms with E-state index in [2.05, 4.69) is 56.1 Å². The first-order valence-electron chi connectivity index (χ1n) is 23.0. The highest BCUT2D eigenvalue weighted by Crippen LogP contribution is 2.68. The number of esters is 3. The fourth-order valence-corrected chi connectivity index (χ4v) is 14.3. The number of anilines is 2. The molecular weight excluding hydrogens is 803 g/mol. The molecular formula is C49H63N5O9. The molecule has 14 nitrogen and oxygen atoms in total. The van der Waals surface area contributed by atoms with Crippen LogP contribution in [0.4, 0.5) is 11.4 Å². The van der Waals surface area contributed by atoms with E-state index in [9.17, 15) is 19.8 Å². The lowest BCUT2D eigenvalue weighted by Gasteiger charge is -2.63. The number of nitrogens with zero attached hydrogens (tertiary/aromatic N) is 4. The molecule has 338 valence electrons. The molecule has 2 unspecified atom stereocenters. The number of H-pyrrole nitrogens is 1. The Morgan fingerprint density at radius 3 is 2.37 bits per heavy atom. The number of fused-ring (bicyclic) bond motifs is 6. The quantitative estimate of drug-likeness (QED) is 0.168. The number of carbonyl (C=O) groups is 3. The Morgan fingerprint density at radius 2 is 1.70 bits per heavy atom. The number of methoxy groups -OCH3 is 3. The van der Waals surface area contributed by atoms with Gasteiger partial charge >= 0.3 is 17.9 Å². The molecule has 3 aromatic rings. The van der Waals surface area contributed by atoms with Crippen LogP contribution in [0.5, 0.6) is 5.75 Å². The topological polar surface area (TPSA) is 157 Å². The number of rotatable bonds is 8. The molecule has 10 rings (SSSR count). The molecule has 3 saturated heterocycles. The van der Waals surface area contributed by atoms with Gasteiger partial charge in [-0.1, -0.05) is 26.0 Å². The van der Waals surface area contributed by atoms with Gasteiger partial charge in [0.25, 0.3) is 0 Å². The fourth-order valence-electron chi connectivity index (χ4n) is 14.3. The first-order valence-corrected chi connectivity index (χ1v) is 23.0. The van der Waals surface area contributed by atoms with Crippen LogP contribution in [0.1, 0.15) is 81.7 Å². The number of aliphatic hydroxyl groups is 2. The predicted molar refractivity (Wildman–Crippen MR) is 237 cm³/mol. The van der Waals surface area contributed by atoms with Gasteiger partial charge in [0.05, 0.1) is 33.0 Å².